The topological polar surface area (TPSA) is 55.9 Å². The molecule has 1 unspecified atom stereocenters. The van der Waals surface area contributed by atoms with Gasteiger partial charge in [-0.15, -0.1) is 0 Å². The van der Waals surface area contributed by atoms with Crippen LogP contribution in [0.15, 0.2) is 48.5 Å². The van der Waals surface area contributed by atoms with Crippen molar-refractivity contribution in [3.8, 4) is 0 Å². The van der Waals surface area contributed by atoms with Crippen molar-refractivity contribution in [1.29, 1.82) is 0 Å². The molecular formula is C24H29ClN4O2. The summed E-state index contributed by atoms with van der Waals surface area (Å²) in [5.74, 6) is 0.338. The summed E-state index contributed by atoms with van der Waals surface area (Å²) in [7, 11) is 1.66. The number of anilines is 1. The van der Waals surface area contributed by atoms with Crippen LogP contribution < -0.4 is 10.2 Å². The predicted molar refractivity (Wildman–Crippen MR) is 124 cm³/mol. The first-order valence-electron chi connectivity index (χ1n) is 10.9. The van der Waals surface area contributed by atoms with Crippen molar-refractivity contribution in [3.05, 3.63) is 64.7 Å². The van der Waals surface area contributed by atoms with Crippen LogP contribution in [-0.2, 0) is 0 Å². The second kappa shape index (κ2) is 9.60. The fraction of sp³-hybridized carbons (Fsp3) is 0.417. The summed E-state index contributed by atoms with van der Waals surface area (Å²) in [6.07, 6.45) is 2.01. The van der Waals surface area contributed by atoms with Crippen LogP contribution in [0.4, 0.5) is 10.5 Å². The molecule has 2 aliphatic rings. The number of nitrogens with zero attached hydrogens (tertiary/aromatic N) is 3. The number of rotatable bonds is 3. The lowest BCUT2D eigenvalue weighted by Crippen LogP contribution is -2.48. The van der Waals surface area contributed by atoms with Gasteiger partial charge in [-0.05, 0) is 48.7 Å². The summed E-state index contributed by atoms with van der Waals surface area (Å²) in [5.41, 5.74) is 2.96. The third kappa shape index (κ3) is 4.96. The van der Waals surface area contributed by atoms with Crippen molar-refractivity contribution < 1.29 is 9.59 Å². The number of carbonyl (C=O) groups excluding carboxylic acids is 2. The standard InChI is InChI=1S/C24H29ClN4O2/c1-26-24(31)29-10-4-7-20(17-29)18-5-2-6-19(15-18)23(30)28-13-11-27(12-14-28)22-9-3-8-21(25)16-22/h2-3,5-6,8-9,15-16,20H,4,7,10-14,17H2,1H3,(H,26,31). The third-order valence-electron chi connectivity index (χ3n) is 6.27. The van der Waals surface area contributed by atoms with Crippen LogP contribution in [0.2, 0.25) is 5.02 Å². The summed E-state index contributed by atoms with van der Waals surface area (Å²) in [6, 6.07) is 15.8. The van der Waals surface area contributed by atoms with Crippen LogP contribution in [0.25, 0.3) is 0 Å². The molecule has 3 amide bonds. The fourth-order valence-electron chi connectivity index (χ4n) is 4.54. The first-order chi connectivity index (χ1) is 15.0. The third-order valence-corrected chi connectivity index (χ3v) is 6.50. The molecule has 2 heterocycles. The summed E-state index contributed by atoms with van der Waals surface area (Å²) in [5, 5.41) is 3.44. The molecular weight excluding hydrogens is 412 g/mol. The first-order valence-corrected chi connectivity index (χ1v) is 11.3. The molecule has 7 heteroatoms. The van der Waals surface area contributed by atoms with Crippen molar-refractivity contribution in [2.45, 2.75) is 18.8 Å². The van der Waals surface area contributed by atoms with E-state index in [0.717, 1.165) is 54.3 Å². The zero-order valence-corrected chi connectivity index (χ0v) is 18.6. The van der Waals surface area contributed by atoms with Gasteiger partial charge in [0.15, 0.2) is 0 Å². The molecule has 0 bridgehead atoms. The zero-order valence-electron chi connectivity index (χ0n) is 17.9. The number of halogens is 1. The van der Waals surface area contributed by atoms with Gasteiger partial charge in [-0.1, -0.05) is 29.8 Å². The molecule has 2 aliphatic heterocycles. The van der Waals surface area contributed by atoms with Crippen LogP contribution >= 0.6 is 11.6 Å². The van der Waals surface area contributed by atoms with E-state index in [-0.39, 0.29) is 17.9 Å². The van der Waals surface area contributed by atoms with Crippen molar-refractivity contribution in [2.75, 3.05) is 51.2 Å². The van der Waals surface area contributed by atoms with Gasteiger partial charge in [-0.2, -0.15) is 0 Å². The average Bonchev–Trinajstić information content (AvgIpc) is 2.83. The van der Waals surface area contributed by atoms with Crippen molar-refractivity contribution >= 4 is 29.2 Å². The van der Waals surface area contributed by atoms with Gasteiger partial charge < -0.3 is 20.0 Å². The van der Waals surface area contributed by atoms with Gasteiger partial charge in [0.25, 0.3) is 5.91 Å². The second-order valence-electron chi connectivity index (χ2n) is 8.22. The number of piperazine rings is 1. The van der Waals surface area contributed by atoms with E-state index in [1.165, 1.54) is 0 Å². The summed E-state index contributed by atoms with van der Waals surface area (Å²) in [6.45, 7) is 4.42. The van der Waals surface area contributed by atoms with E-state index in [4.69, 9.17) is 11.6 Å². The molecule has 31 heavy (non-hydrogen) atoms. The molecule has 1 N–H and O–H groups in total. The van der Waals surface area contributed by atoms with Crippen LogP contribution in [0.5, 0.6) is 0 Å². The Labute approximate surface area is 188 Å². The molecule has 0 radical (unpaired) electrons. The largest absolute Gasteiger partial charge is 0.368 e. The van der Waals surface area contributed by atoms with Gasteiger partial charge in [0.1, 0.15) is 0 Å². The SMILES string of the molecule is CNC(=O)N1CCCC(c2cccc(C(=O)N3CCN(c4cccc(Cl)c4)CC3)c2)C1. The minimum Gasteiger partial charge on any atom is -0.368 e. The zero-order chi connectivity index (χ0) is 21.8. The van der Waals surface area contributed by atoms with E-state index < -0.39 is 0 Å². The molecule has 1 atom stereocenters. The van der Waals surface area contributed by atoms with E-state index in [2.05, 4.69) is 22.3 Å². The lowest BCUT2D eigenvalue weighted by molar-refractivity contribution is 0.0746. The summed E-state index contributed by atoms with van der Waals surface area (Å²) >= 11 is 6.12. The minimum atomic E-state index is -0.0329. The Hall–Kier alpha value is -2.73. The van der Waals surface area contributed by atoms with Crippen molar-refractivity contribution in [2.24, 2.45) is 0 Å². The van der Waals surface area contributed by atoms with E-state index >= 15 is 0 Å². The lowest BCUT2D eigenvalue weighted by Gasteiger charge is -2.36. The van der Waals surface area contributed by atoms with Crippen LogP contribution in [0, 0.1) is 0 Å². The molecule has 2 saturated heterocycles. The number of hydrogen-bond donors (Lipinski definition) is 1. The van der Waals surface area contributed by atoms with Gasteiger partial charge >= 0.3 is 6.03 Å². The average molecular weight is 441 g/mol. The number of hydrogen-bond acceptors (Lipinski definition) is 3. The highest BCUT2D eigenvalue weighted by atomic mass is 35.5. The maximum Gasteiger partial charge on any atom is 0.317 e. The highest BCUT2D eigenvalue weighted by Crippen LogP contribution is 2.28. The lowest BCUT2D eigenvalue weighted by atomic mass is 9.89. The smallest absolute Gasteiger partial charge is 0.317 e. The molecule has 0 aliphatic carbocycles. The number of benzene rings is 2. The molecule has 2 aromatic carbocycles. The Balaban J connectivity index is 1.40. The number of carbonyl (C=O) groups is 2. The molecule has 164 valence electrons. The fourth-order valence-corrected chi connectivity index (χ4v) is 4.73. The van der Waals surface area contributed by atoms with E-state index in [9.17, 15) is 9.59 Å². The number of nitrogens with one attached hydrogen (secondary N) is 1. The first kappa shape index (κ1) is 21.5. The van der Waals surface area contributed by atoms with E-state index in [0.29, 0.717) is 19.6 Å². The Kier molecular flexibility index (Phi) is 6.66. The maximum absolute atomic E-state index is 13.2. The van der Waals surface area contributed by atoms with Gasteiger partial charge in [-0.3, -0.25) is 4.79 Å². The minimum absolute atomic E-state index is 0.0329. The second-order valence-corrected chi connectivity index (χ2v) is 8.66. The molecule has 2 aromatic rings. The highest BCUT2D eigenvalue weighted by molar-refractivity contribution is 6.30. The molecule has 4 rings (SSSR count). The van der Waals surface area contributed by atoms with Gasteiger partial charge in [0.05, 0.1) is 0 Å². The van der Waals surface area contributed by atoms with Gasteiger partial charge in [0, 0.05) is 68.5 Å². The Morgan fingerprint density at radius 3 is 2.48 bits per heavy atom. The number of piperidine rings is 1. The Morgan fingerprint density at radius 1 is 0.968 bits per heavy atom. The summed E-state index contributed by atoms with van der Waals surface area (Å²) in [4.78, 5) is 31.2. The maximum atomic E-state index is 13.2. The quantitative estimate of drug-likeness (QED) is 0.789. The Bertz CT molecular complexity index is 943. The summed E-state index contributed by atoms with van der Waals surface area (Å²) < 4.78 is 0. The van der Waals surface area contributed by atoms with Gasteiger partial charge in [0.2, 0.25) is 0 Å². The molecule has 6 nitrogen and oxygen atoms in total. The Morgan fingerprint density at radius 2 is 1.74 bits per heavy atom. The molecule has 2 fully saturated rings. The molecule has 0 saturated carbocycles. The van der Waals surface area contributed by atoms with Crippen LogP contribution in [0.3, 0.4) is 0 Å². The van der Waals surface area contributed by atoms with Crippen molar-refractivity contribution in [3.63, 3.8) is 0 Å². The van der Waals surface area contributed by atoms with Crippen LogP contribution in [-0.4, -0.2) is 68.1 Å². The molecule has 0 aromatic heterocycles. The predicted octanol–water partition coefficient (Wildman–Crippen LogP) is 3.82. The number of urea groups is 1. The normalized spacial score (nSPS) is 19.3. The van der Waals surface area contributed by atoms with Crippen LogP contribution in [0.1, 0.15) is 34.7 Å². The highest BCUT2D eigenvalue weighted by Gasteiger charge is 2.26. The van der Waals surface area contributed by atoms with E-state index in [1.54, 1.807) is 7.05 Å². The monoisotopic (exact) mass is 440 g/mol. The van der Waals surface area contributed by atoms with E-state index in [1.807, 2.05) is 46.2 Å². The molecule has 0 spiro atoms. The van der Waals surface area contributed by atoms with Gasteiger partial charge in [-0.25, -0.2) is 4.79 Å². The number of amides is 3. The van der Waals surface area contributed by atoms with Crippen molar-refractivity contribution in [1.82, 2.24) is 15.1 Å². The number of likely N-dealkylation sites (tertiary alicyclic amines) is 1.